The van der Waals surface area contributed by atoms with Crippen molar-refractivity contribution in [3.63, 3.8) is 0 Å². The van der Waals surface area contributed by atoms with Crippen molar-refractivity contribution in [2.24, 2.45) is 4.99 Å². The smallest absolute Gasteiger partial charge is 0.152 e. The van der Waals surface area contributed by atoms with Gasteiger partial charge in [0.1, 0.15) is 5.75 Å². The molecule has 1 atom stereocenters. The summed E-state index contributed by atoms with van der Waals surface area (Å²) < 4.78 is 22.5. The molecule has 1 N–H and O–H groups in total. The van der Waals surface area contributed by atoms with Crippen molar-refractivity contribution in [2.75, 3.05) is 11.5 Å². The van der Waals surface area contributed by atoms with Gasteiger partial charge in [-0.05, 0) is 18.6 Å². The van der Waals surface area contributed by atoms with Crippen LogP contribution in [0.25, 0.3) is 0 Å². The van der Waals surface area contributed by atoms with Crippen LogP contribution in [0.3, 0.4) is 0 Å². The summed E-state index contributed by atoms with van der Waals surface area (Å²) in [4.78, 5) is 4.15. The van der Waals surface area contributed by atoms with Crippen LogP contribution in [0.2, 0.25) is 10.0 Å². The van der Waals surface area contributed by atoms with E-state index in [9.17, 15) is 13.5 Å². The zero-order valence-electron chi connectivity index (χ0n) is 9.31. The van der Waals surface area contributed by atoms with E-state index in [2.05, 4.69) is 4.99 Å². The van der Waals surface area contributed by atoms with E-state index in [1.807, 2.05) is 0 Å². The fraction of sp³-hybridized carbons (Fsp3) is 0.364. The number of halogens is 2. The highest BCUT2D eigenvalue weighted by atomic mass is 35.5. The summed E-state index contributed by atoms with van der Waals surface area (Å²) in [5.41, 5.74) is 0.386. The van der Waals surface area contributed by atoms with Crippen LogP contribution < -0.4 is 0 Å². The first-order valence-corrected chi connectivity index (χ1v) is 7.87. The molecular weight excluding hydrogens is 297 g/mol. The normalized spacial score (nSPS) is 22.7. The predicted molar refractivity (Wildman–Crippen MR) is 72.8 cm³/mol. The molecule has 98 valence electrons. The standard InChI is InChI=1S/C11H11Cl2NO3S/c12-8-3-7(11(15)10(13)4-8)5-14-9-1-2-18(16,17)6-9/h3-5,9,15H,1-2,6H2/t9-/m1/s1. The predicted octanol–water partition coefficient (Wildman–Crippen LogP) is 2.31. The van der Waals surface area contributed by atoms with Crippen LogP contribution in [0, 0.1) is 0 Å². The fourth-order valence-corrected chi connectivity index (χ4v) is 3.91. The van der Waals surface area contributed by atoms with Gasteiger partial charge in [0, 0.05) is 16.8 Å². The summed E-state index contributed by atoms with van der Waals surface area (Å²) >= 11 is 11.6. The average Bonchev–Trinajstić information content (AvgIpc) is 2.61. The molecule has 0 radical (unpaired) electrons. The van der Waals surface area contributed by atoms with Crippen LogP contribution in [-0.4, -0.2) is 37.3 Å². The van der Waals surface area contributed by atoms with Crippen molar-refractivity contribution < 1.29 is 13.5 Å². The molecular formula is C11H11Cl2NO3S. The number of nitrogens with zero attached hydrogens (tertiary/aromatic N) is 1. The van der Waals surface area contributed by atoms with E-state index < -0.39 is 9.84 Å². The molecule has 1 aliphatic rings. The van der Waals surface area contributed by atoms with Gasteiger partial charge in [0.05, 0.1) is 22.6 Å². The first-order chi connectivity index (χ1) is 8.37. The summed E-state index contributed by atoms with van der Waals surface area (Å²) in [6.45, 7) is 0. The van der Waals surface area contributed by atoms with Gasteiger partial charge in [-0.25, -0.2) is 8.42 Å². The van der Waals surface area contributed by atoms with Gasteiger partial charge in [-0.2, -0.15) is 0 Å². The molecule has 1 aromatic rings. The highest BCUT2D eigenvalue weighted by Gasteiger charge is 2.26. The Labute approximate surface area is 115 Å². The van der Waals surface area contributed by atoms with Crippen molar-refractivity contribution in [2.45, 2.75) is 12.5 Å². The fourth-order valence-electron chi connectivity index (χ4n) is 1.76. The van der Waals surface area contributed by atoms with Crippen LogP contribution in [0.5, 0.6) is 5.75 Å². The minimum Gasteiger partial charge on any atom is -0.506 e. The largest absolute Gasteiger partial charge is 0.506 e. The first kappa shape index (κ1) is 13.6. The number of hydrogen-bond donors (Lipinski definition) is 1. The lowest BCUT2D eigenvalue weighted by atomic mass is 10.2. The average molecular weight is 308 g/mol. The summed E-state index contributed by atoms with van der Waals surface area (Å²) in [7, 11) is -2.95. The third kappa shape index (κ3) is 3.16. The van der Waals surface area contributed by atoms with E-state index in [0.717, 1.165) is 0 Å². The van der Waals surface area contributed by atoms with Crippen molar-refractivity contribution in [3.8, 4) is 5.75 Å². The number of phenols is 1. The number of aromatic hydroxyl groups is 1. The lowest BCUT2D eigenvalue weighted by Crippen LogP contribution is -2.07. The molecule has 0 saturated carbocycles. The van der Waals surface area contributed by atoms with Crippen molar-refractivity contribution >= 4 is 39.3 Å². The van der Waals surface area contributed by atoms with Crippen molar-refractivity contribution in [3.05, 3.63) is 27.7 Å². The highest BCUT2D eigenvalue weighted by Crippen LogP contribution is 2.30. The van der Waals surface area contributed by atoms with Crippen LogP contribution in [0.4, 0.5) is 0 Å². The van der Waals surface area contributed by atoms with Gasteiger partial charge in [0.25, 0.3) is 0 Å². The Balaban J connectivity index is 2.20. The Morgan fingerprint density at radius 1 is 1.39 bits per heavy atom. The van der Waals surface area contributed by atoms with Crippen molar-refractivity contribution in [1.29, 1.82) is 0 Å². The minimum absolute atomic E-state index is 0.0541. The number of aliphatic imine (C=N–C) groups is 1. The zero-order valence-corrected chi connectivity index (χ0v) is 11.6. The molecule has 0 spiro atoms. The van der Waals surface area contributed by atoms with Gasteiger partial charge < -0.3 is 5.11 Å². The monoisotopic (exact) mass is 307 g/mol. The second-order valence-corrected chi connectivity index (χ2v) is 7.23. The molecule has 1 aliphatic heterocycles. The van der Waals surface area contributed by atoms with Gasteiger partial charge in [0.2, 0.25) is 0 Å². The third-order valence-corrected chi connectivity index (χ3v) is 4.95. The Bertz CT molecular complexity index is 599. The minimum atomic E-state index is -2.95. The maximum absolute atomic E-state index is 11.3. The molecule has 0 amide bonds. The molecule has 0 unspecified atom stereocenters. The van der Waals surface area contributed by atoms with Crippen LogP contribution in [0.15, 0.2) is 17.1 Å². The van der Waals surface area contributed by atoms with Gasteiger partial charge in [-0.1, -0.05) is 23.2 Å². The summed E-state index contributed by atoms with van der Waals surface area (Å²) in [6.07, 6.45) is 1.92. The van der Waals surface area contributed by atoms with E-state index in [1.165, 1.54) is 18.3 Å². The first-order valence-electron chi connectivity index (χ1n) is 5.29. The SMILES string of the molecule is O=S1(=O)CC[C@@H](N=Cc2cc(Cl)cc(Cl)c2O)C1. The quantitative estimate of drug-likeness (QED) is 0.853. The molecule has 0 aliphatic carbocycles. The Kier molecular flexibility index (Phi) is 3.84. The summed E-state index contributed by atoms with van der Waals surface area (Å²) in [5, 5.41) is 10.2. The van der Waals surface area contributed by atoms with Gasteiger partial charge in [-0.15, -0.1) is 0 Å². The zero-order chi connectivity index (χ0) is 13.3. The van der Waals surface area contributed by atoms with E-state index >= 15 is 0 Å². The molecule has 1 aromatic carbocycles. The topological polar surface area (TPSA) is 66.7 Å². The lowest BCUT2D eigenvalue weighted by Gasteiger charge is -2.04. The number of rotatable bonds is 2. The maximum atomic E-state index is 11.3. The van der Waals surface area contributed by atoms with Crippen LogP contribution in [0.1, 0.15) is 12.0 Å². The van der Waals surface area contributed by atoms with E-state index in [1.54, 1.807) is 0 Å². The molecule has 0 bridgehead atoms. The van der Waals surface area contributed by atoms with E-state index in [0.29, 0.717) is 17.0 Å². The second-order valence-electron chi connectivity index (χ2n) is 4.16. The van der Waals surface area contributed by atoms with E-state index in [-0.39, 0.29) is 28.3 Å². The number of sulfone groups is 1. The number of phenolic OH excluding ortho intramolecular Hbond substituents is 1. The highest BCUT2D eigenvalue weighted by molar-refractivity contribution is 7.91. The third-order valence-electron chi connectivity index (χ3n) is 2.69. The molecule has 7 heteroatoms. The molecule has 1 saturated heterocycles. The van der Waals surface area contributed by atoms with Gasteiger partial charge in [0.15, 0.2) is 9.84 Å². The van der Waals surface area contributed by atoms with Gasteiger partial charge in [-0.3, -0.25) is 4.99 Å². The Morgan fingerprint density at radius 3 is 2.72 bits per heavy atom. The number of benzene rings is 1. The van der Waals surface area contributed by atoms with Crippen molar-refractivity contribution in [1.82, 2.24) is 0 Å². The Hall–Kier alpha value is -0.780. The lowest BCUT2D eigenvalue weighted by molar-refractivity contribution is 0.474. The van der Waals surface area contributed by atoms with Crippen LogP contribution in [-0.2, 0) is 9.84 Å². The Morgan fingerprint density at radius 2 is 2.11 bits per heavy atom. The maximum Gasteiger partial charge on any atom is 0.152 e. The molecule has 4 nitrogen and oxygen atoms in total. The second kappa shape index (κ2) is 5.07. The number of hydrogen-bond acceptors (Lipinski definition) is 4. The van der Waals surface area contributed by atoms with Gasteiger partial charge >= 0.3 is 0 Å². The molecule has 1 fully saturated rings. The summed E-state index contributed by atoms with van der Waals surface area (Å²) in [5.74, 6) is 0.112. The molecule has 2 rings (SSSR count). The molecule has 1 heterocycles. The van der Waals surface area contributed by atoms with Crippen LogP contribution >= 0.6 is 23.2 Å². The molecule has 18 heavy (non-hydrogen) atoms. The molecule has 0 aromatic heterocycles. The summed E-state index contributed by atoms with van der Waals surface area (Å²) in [6, 6.07) is 2.69. The van der Waals surface area contributed by atoms with E-state index in [4.69, 9.17) is 23.2 Å².